The smallest absolute Gasteiger partial charge is 0.327 e. The fourth-order valence-corrected chi connectivity index (χ4v) is 1.35. The first-order valence-corrected chi connectivity index (χ1v) is 5.82. The zero-order chi connectivity index (χ0) is 15.1. The van der Waals surface area contributed by atoms with Crippen LogP contribution in [0.25, 0.3) is 0 Å². The van der Waals surface area contributed by atoms with E-state index in [1.807, 2.05) is 0 Å². The quantitative estimate of drug-likeness (QED) is 0.577. The molecule has 1 aromatic rings. The molecule has 0 heterocycles. The second-order valence-electron chi connectivity index (χ2n) is 3.56. The highest BCUT2D eigenvalue weighted by Crippen LogP contribution is 2.36. The standard InChI is InChI=1S/C9H9O4P.C3H4O2/c1-9(14-13,8(11)12)6-3-2-4-7(10)5-6;1-2-3(4)5/h2-5,10H,1H3,(H,11,12);2H,1H2,(H,4,5). The van der Waals surface area contributed by atoms with E-state index in [1.165, 1.54) is 31.2 Å². The summed E-state index contributed by atoms with van der Waals surface area (Å²) < 4.78 is 10.8. The van der Waals surface area contributed by atoms with Crippen LogP contribution in [0.1, 0.15) is 12.5 Å². The molecule has 0 aromatic heterocycles. The van der Waals surface area contributed by atoms with E-state index in [0.29, 0.717) is 5.56 Å². The van der Waals surface area contributed by atoms with Crippen LogP contribution in [0.4, 0.5) is 0 Å². The average molecular weight is 284 g/mol. The third-order valence-corrected chi connectivity index (χ3v) is 3.00. The van der Waals surface area contributed by atoms with E-state index in [0.717, 1.165) is 6.08 Å². The lowest BCUT2D eigenvalue weighted by Crippen LogP contribution is -2.25. The molecule has 1 atom stereocenters. The molecule has 0 amide bonds. The predicted molar refractivity (Wildman–Crippen MR) is 68.5 cm³/mol. The van der Waals surface area contributed by atoms with Gasteiger partial charge in [0.05, 0.1) is 0 Å². The minimum Gasteiger partial charge on any atom is -0.508 e. The number of aliphatic carboxylic acids is 2. The summed E-state index contributed by atoms with van der Waals surface area (Å²) in [6.07, 6.45) is 0.833. The normalized spacial score (nSPS) is 12.7. The molecule has 19 heavy (non-hydrogen) atoms. The molecule has 3 N–H and O–H groups in total. The predicted octanol–water partition coefficient (Wildman–Crippen LogP) is 2.24. The Balaban J connectivity index is 0.000000555. The van der Waals surface area contributed by atoms with Gasteiger partial charge in [0.2, 0.25) is 0 Å². The summed E-state index contributed by atoms with van der Waals surface area (Å²) in [5, 5.41) is 24.1. The molecule has 1 aromatic carbocycles. The van der Waals surface area contributed by atoms with Gasteiger partial charge < -0.3 is 15.3 Å². The minimum absolute atomic E-state index is 0.0429. The van der Waals surface area contributed by atoms with E-state index >= 15 is 0 Å². The van der Waals surface area contributed by atoms with Crippen LogP contribution in [-0.2, 0) is 19.3 Å². The molecule has 7 heteroatoms. The van der Waals surface area contributed by atoms with Gasteiger partial charge in [-0.15, -0.1) is 0 Å². The first kappa shape index (κ1) is 16.8. The number of carboxylic acid groups (broad SMARTS) is 2. The molecular formula is C12H13O6P. The van der Waals surface area contributed by atoms with Gasteiger partial charge >= 0.3 is 11.9 Å². The highest BCUT2D eigenvalue weighted by atomic mass is 31.1. The van der Waals surface area contributed by atoms with E-state index < -0.39 is 25.6 Å². The molecule has 0 fully saturated rings. The number of benzene rings is 1. The Morgan fingerprint density at radius 2 is 1.89 bits per heavy atom. The van der Waals surface area contributed by atoms with E-state index in [-0.39, 0.29) is 5.75 Å². The van der Waals surface area contributed by atoms with Crippen LogP contribution in [0.3, 0.4) is 0 Å². The van der Waals surface area contributed by atoms with Crippen LogP contribution >= 0.6 is 8.46 Å². The van der Waals surface area contributed by atoms with Crippen LogP contribution in [0.15, 0.2) is 36.9 Å². The fourth-order valence-electron chi connectivity index (χ4n) is 1.02. The third kappa shape index (κ3) is 4.89. The average Bonchev–Trinajstić information content (AvgIpc) is 2.38. The van der Waals surface area contributed by atoms with Crippen molar-refractivity contribution in [1.82, 2.24) is 0 Å². The molecule has 102 valence electrons. The topological polar surface area (TPSA) is 112 Å². The molecule has 0 aliphatic heterocycles. The summed E-state index contributed by atoms with van der Waals surface area (Å²) in [5.74, 6) is -2.22. The minimum atomic E-state index is -1.50. The molecule has 0 bridgehead atoms. The lowest BCUT2D eigenvalue weighted by Gasteiger charge is -2.16. The van der Waals surface area contributed by atoms with Gasteiger partial charge in [-0.1, -0.05) is 18.7 Å². The van der Waals surface area contributed by atoms with E-state index in [2.05, 4.69) is 6.58 Å². The summed E-state index contributed by atoms with van der Waals surface area (Å²) in [6, 6.07) is 5.74. The SMILES string of the molecule is C=CC(=O)O.CC(P=O)(C(=O)O)c1cccc(O)c1. The van der Waals surface area contributed by atoms with Crippen molar-refractivity contribution in [3.05, 3.63) is 42.5 Å². The lowest BCUT2D eigenvalue weighted by molar-refractivity contribution is -0.139. The molecule has 0 radical (unpaired) electrons. The number of aromatic hydroxyl groups is 1. The number of carbonyl (C=O) groups is 2. The highest BCUT2D eigenvalue weighted by Gasteiger charge is 2.36. The summed E-state index contributed by atoms with van der Waals surface area (Å²) in [7, 11) is -0.512. The Hall–Kier alpha value is -2.20. The van der Waals surface area contributed by atoms with Crippen LogP contribution in [0.2, 0.25) is 0 Å². The molecule has 1 unspecified atom stereocenters. The number of hydrogen-bond donors (Lipinski definition) is 3. The molecule has 0 saturated carbocycles. The Labute approximate surface area is 111 Å². The van der Waals surface area contributed by atoms with Gasteiger partial charge in [0.1, 0.15) is 5.75 Å². The molecule has 6 nitrogen and oxygen atoms in total. The highest BCUT2D eigenvalue weighted by molar-refractivity contribution is 7.27. The Kier molecular flexibility index (Phi) is 6.44. The first-order chi connectivity index (χ1) is 8.77. The fraction of sp³-hybridized carbons (Fsp3) is 0.167. The maximum Gasteiger partial charge on any atom is 0.327 e. The Morgan fingerprint density at radius 1 is 1.37 bits per heavy atom. The van der Waals surface area contributed by atoms with Crippen molar-refractivity contribution in [3.63, 3.8) is 0 Å². The van der Waals surface area contributed by atoms with Gasteiger partial charge in [-0.3, -0.25) is 9.36 Å². The van der Waals surface area contributed by atoms with Crippen molar-refractivity contribution in [2.75, 3.05) is 0 Å². The van der Waals surface area contributed by atoms with Crippen LogP contribution in [0.5, 0.6) is 5.75 Å². The summed E-state index contributed by atoms with van der Waals surface area (Å²) in [4.78, 5) is 20.1. The third-order valence-electron chi connectivity index (χ3n) is 2.18. The molecular weight excluding hydrogens is 271 g/mol. The van der Waals surface area contributed by atoms with Crippen molar-refractivity contribution >= 4 is 20.4 Å². The number of phenolic OH excluding ortho intramolecular Hbond substituents is 1. The molecule has 0 aliphatic rings. The van der Waals surface area contributed by atoms with Gasteiger partial charge in [0.15, 0.2) is 13.6 Å². The number of hydrogen-bond acceptors (Lipinski definition) is 4. The van der Waals surface area contributed by atoms with Gasteiger partial charge in [-0.25, -0.2) is 4.79 Å². The Morgan fingerprint density at radius 3 is 2.21 bits per heavy atom. The van der Waals surface area contributed by atoms with Crippen molar-refractivity contribution in [3.8, 4) is 5.75 Å². The van der Waals surface area contributed by atoms with Crippen LogP contribution in [0, 0.1) is 0 Å². The maximum atomic E-state index is 10.9. The van der Waals surface area contributed by atoms with Gasteiger partial charge in [-0.05, 0) is 24.6 Å². The Bertz CT molecular complexity index is 499. The summed E-state index contributed by atoms with van der Waals surface area (Å²) in [5.41, 5.74) is 0.307. The summed E-state index contributed by atoms with van der Waals surface area (Å²) in [6.45, 7) is 4.29. The second kappa shape index (κ2) is 7.28. The molecule has 0 saturated heterocycles. The van der Waals surface area contributed by atoms with Gasteiger partial charge in [0, 0.05) is 6.08 Å². The zero-order valence-corrected chi connectivity index (χ0v) is 11.0. The van der Waals surface area contributed by atoms with Crippen molar-refractivity contribution in [2.24, 2.45) is 0 Å². The molecule has 1 rings (SSSR count). The summed E-state index contributed by atoms with van der Waals surface area (Å²) >= 11 is 0. The van der Waals surface area contributed by atoms with Crippen LogP contribution in [-0.4, -0.2) is 27.3 Å². The van der Waals surface area contributed by atoms with Crippen molar-refractivity contribution in [1.29, 1.82) is 0 Å². The monoisotopic (exact) mass is 284 g/mol. The number of rotatable bonds is 4. The maximum absolute atomic E-state index is 10.9. The van der Waals surface area contributed by atoms with Crippen molar-refractivity contribution in [2.45, 2.75) is 12.1 Å². The second-order valence-corrected chi connectivity index (χ2v) is 4.64. The number of phenols is 1. The van der Waals surface area contributed by atoms with Gasteiger partial charge in [0.25, 0.3) is 0 Å². The largest absolute Gasteiger partial charge is 0.508 e. The first-order valence-electron chi connectivity index (χ1n) is 5.00. The van der Waals surface area contributed by atoms with Gasteiger partial charge in [-0.2, -0.15) is 0 Å². The molecule has 0 aliphatic carbocycles. The zero-order valence-electron chi connectivity index (χ0n) is 10.1. The van der Waals surface area contributed by atoms with E-state index in [9.17, 15) is 14.2 Å². The van der Waals surface area contributed by atoms with Crippen LogP contribution < -0.4 is 0 Å². The van der Waals surface area contributed by atoms with Crippen molar-refractivity contribution < 1.29 is 29.5 Å². The number of carboxylic acids is 2. The molecule has 0 spiro atoms. The lowest BCUT2D eigenvalue weighted by atomic mass is 10.0. The van der Waals surface area contributed by atoms with E-state index in [4.69, 9.17) is 15.3 Å². The van der Waals surface area contributed by atoms with E-state index in [1.54, 1.807) is 0 Å².